The van der Waals surface area contributed by atoms with Gasteiger partial charge in [-0.05, 0) is 29.7 Å². The van der Waals surface area contributed by atoms with E-state index in [2.05, 4.69) is 4.98 Å². The number of fused-ring (bicyclic) bond motifs is 1. The molecule has 7 nitrogen and oxygen atoms in total. The highest BCUT2D eigenvalue weighted by Crippen LogP contribution is 2.37. The number of cyclic esters (lactones) is 1. The Balaban J connectivity index is 1.72. The lowest BCUT2D eigenvalue weighted by Crippen LogP contribution is -2.31. The van der Waals surface area contributed by atoms with Gasteiger partial charge in [0.1, 0.15) is 6.10 Å². The van der Waals surface area contributed by atoms with E-state index in [1.807, 2.05) is 0 Å². The van der Waals surface area contributed by atoms with E-state index >= 15 is 0 Å². The normalized spacial score (nSPS) is 16.8. The molecule has 1 saturated heterocycles. The number of hydrogen-bond donors (Lipinski definition) is 3. The summed E-state index contributed by atoms with van der Waals surface area (Å²) in [5, 5.41) is 19.2. The van der Waals surface area contributed by atoms with Crippen LogP contribution in [0.4, 0.5) is 23.7 Å². The number of halogens is 3. The van der Waals surface area contributed by atoms with Gasteiger partial charge in [-0.2, -0.15) is 13.2 Å². The third-order valence-electron chi connectivity index (χ3n) is 5.49. The average molecular weight is 448 g/mol. The quantitative estimate of drug-likeness (QED) is 0.557. The number of alkyl halides is 3. The van der Waals surface area contributed by atoms with Gasteiger partial charge in [-0.1, -0.05) is 24.3 Å². The molecule has 4 rings (SSSR count). The maximum absolute atomic E-state index is 13.4. The Labute approximate surface area is 179 Å². The number of aromatic nitrogens is 1. The molecular weight excluding hydrogens is 429 g/mol. The van der Waals surface area contributed by atoms with Crippen LogP contribution in [0.1, 0.15) is 5.56 Å². The zero-order chi connectivity index (χ0) is 23.0. The van der Waals surface area contributed by atoms with E-state index in [0.717, 1.165) is 6.07 Å². The Hall–Kier alpha value is -3.37. The predicted octanol–water partition coefficient (Wildman–Crippen LogP) is 3.14. The van der Waals surface area contributed by atoms with Crippen LogP contribution in [-0.2, 0) is 10.9 Å². The molecule has 1 unspecified atom stereocenters. The molecule has 0 radical (unpaired) electrons. The molecule has 32 heavy (non-hydrogen) atoms. The molecule has 0 spiro atoms. The number of rotatable bonds is 5. The van der Waals surface area contributed by atoms with Crippen molar-refractivity contribution < 1.29 is 32.9 Å². The molecule has 0 aliphatic carbocycles. The second kappa shape index (κ2) is 8.29. The Bertz CT molecular complexity index is 1220. The first-order valence-electron chi connectivity index (χ1n) is 9.76. The molecule has 2 aromatic carbocycles. The SMILES string of the molecule is O=C1OC(C(CO)CO)CN1c1ccc2cc(-c3ccccc3C(F)(F)F)[nH]c(=O)c2c1. The van der Waals surface area contributed by atoms with E-state index in [-0.39, 0.29) is 36.4 Å². The van der Waals surface area contributed by atoms with Gasteiger partial charge in [-0.15, -0.1) is 0 Å². The molecule has 0 bridgehead atoms. The van der Waals surface area contributed by atoms with Gasteiger partial charge in [0.2, 0.25) is 0 Å². The number of carbonyl (C=O) groups is 1. The van der Waals surface area contributed by atoms with Crippen molar-refractivity contribution in [3.8, 4) is 11.3 Å². The second-order valence-corrected chi connectivity index (χ2v) is 7.49. The Kier molecular flexibility index (Phi) is 5.66. The highest BCUT2D eigenvalue weighted by atomic mass is 19.4. The molecule has 1 aliphatic rings. The second-order valence-electron chi connectivity index (χ2n) is 7.49. The number of aromatic amines is 1. The van der Waals surface area contributed by atoms with Gasteiger partial charge < -0.3 is 19.9 Å². The number of hydrogen-bond acceptors (Lipinski definition) is 5. The summed E-state index contributed by atoms with van der Waals surface area (Å²) in [4.78, 5) is 28.7. The van der Waals surface area contributed by atoms with Crippen molar-refractivity contribution in [1.29, 1.82) is 0 Å². The monoisotopic (exact) mass is 448 g/mol. The minimum Gasteiger partial charge on any atom is -0.443 e. The van der Waals surface area contributed by atoms with Crippen molar-refractivity contribution in [2.45, 2.75) is 12.3 Å². The summed E-state index contributed by atoms with van der Waals surface area (Å²) in [6.07, 6.45) is -5.99. The van der Waals surface area contributed by atoms with Crippen LogP contribution >= 0.6 is 0 Å². The van der Waals surface area contributed by atoms with E-state index in [0.29, 0.717) is 11.1 Å². The first-order chi connectivity index (χ1) is 15.2. The van der Waals surface area contributed by atoms with Gasteiger partial charge in [0.05, 0.1) is 25.3 Å². The fourth-order valence-electron chi connectivity index (χ4n) is 3.76. The number of anilines is 1. The van der Waals surface area contributed by atoms with Crippen LogP contribution < -0.4 is 10.5 Å². The van der Waals surface area contributed by atoms with Crippen LogP contribution in [0.5, 0.6) is 0 Å². The maximum Gasteiger partial charge on any atom is 0.417 e. The third kappa shape index (κ3) is 3.94. The number of H-pyrrole nitrogens is 1. The zero-order valence-electron chi connectivity index (χ0n) is 16.6. The molecule has 168 valence electrons. The van der Waals surface area contributed by atoms with Crippen molar-refractivity contribution in [3.05, 3.63) is 64.4 Å². The van der Waals surface area contributed by atoms with Crippen LogP contribution in [0.2, 0.25) is 0 Å². The summed E-state index contributed by atoms with van der Waals surface area (Å²) in [5.41, 5.74) is -1.23. The Morgan fingerprint density at radius 1 is 1.09 bits per heavy atom. The summed E-state index contributed by atoms with van der Waals surface area (Å²) < 4.78 is 45.3. The lowest BCUT2D eigenvalue weighted by atomic mass is 10.0. The first kappa shape index (κ1) is 21.8. The van der Waals surface area contributed by atoms with Gasteiger partial charge in [0, 0.05) is 28.2 Å². The summed E-state index contributed by atoms with van der Waals surface area (Å²) in [7, 11) is 0. The lowest BCUT2D eigenvalue weighted by molar-refractivity contribution is -0.137. The number of amides is 1. The first-order valence-corrected chi connectivity index (χ1v) is 9.76. The van der Waals surface area contributed by atoms with Gasteiger partial charge in [-0.3, -0.25) is 9.69 Å². The molecule has 1 fully saturated rings. The third-order valence-corrected chi connectivity index (χ3v) is 5.49. The number of aliphatic hydroxyl groups is 2. The van der Waals surface area contributed by atoms with Crippen molar-refractivity contribution in [1.82, 2.24) is 4.98 Å². The molecule has 2 heterocycles. The Morgan fingerprint density at radius 3 is 2.50 bits per heavy atom. The highest BCUT2D eigenvalue weighted by molar-refractivity contribution is 5.94. The van der Waals surface area contributed by atoms with Crippen molar-refractivity contribution in [2.24, 2.45) is 5.92 Å². The standard InChI is InChI=1S/C22H19F3N2O5/c23-22(24,25)17-4-2-1-3-15(17)18-7-12-5-6-14(8-16(12)20(30)26-18)27-9-19(32-21(27)31)13(10-28)11-29/h1-8,13,19,28-29H,9-11H2,(H,26,30). The minimum atomic E-state index is -4.58. The minimum absolute atomic E-state index is 0.0255. The molecule has 1 aliphatic heterocycles. The van der Waals surface area contributed by atoms with Crippen LogP contribution in [0.3, 0.4) is 0 Å². The van der Waals surface area contributed by atoms with Gasteiger partial charge in [-0.25, -0.2) is 4.79 Å². The van der Waals surface area contributed by atoms with Gasteiger partial charge >= 0.3 is 12.3 Å². The number of nitrogens with zero attached hydrogens (tertiary/aromatic N) is 1. The van der Waals surface area contributed by atoms with Crippen LogP contribution in [0, 0.1) is 5.92 Å². The summed E-state index contributed by atoms with van der Waals surface area (Å²) in [5.74, 6) is -0.635. The van der Waals surface area contributed by atoms with Gasteiger partial charge in [0.15, 0.2) is 0 Å². The van der Waals surface area contributed by atoms with E-state index in [4.69, 9.17) is 4.74 Å². The molecular formula is C22H19F3N2O5. The molecule has 10 heteroatoms. The van der Waals surface area contributed by atoms with E-state index in [9.17, 15) is 33.0 Å². The molecule has 0 saturated carbocycles. The molecule has 3 N–H and O–H groups in total. The summed E-state index contributed by atoms with van der Waals surface area (Å²) in [6.45, 7) is -0.644. The van der Waals surface area contributed by atoms with Crippen LogP contribution in [-0.4, -0.2) is 47.2 Å². The number of aliphatic hydroxyl groups excluding tert-OH is 2. The van der Waals surface area contributed by atoms with Crippen molar-refractivity contribution in [2.75, 3.05) is 24.7 Å². The topological polar surface area (TPSA) is 103 Å². The smallest absolute Gasteiger partial charge is 0.417 e. The Morgan fingerprint density at radius 2 is 1.81 bits per heavy atom. The van der Waals surface area contributed by atoms with E-state index in [1.165, 1.54) is 41.3 Å². The fourth-order valence-corrected chi connectivity index (χ4v) is 3.76. The van der Waals surface area contributed by atoms with Crippen LogP contribution in [0.25, 0.3) is 22.0 Å². The zero-order valence-corrected chi connectivity index (χ0v) is 16.6. The fraction of sp³-hybridized carbons (Fsp3) is 0.273. The predicted molar refractivity (Wildman–Crippen MR) is 110 cm³/mol. The highest BCUT2D eigenvalue weighted by Gasteiger charge is 2.37. The number of ether oxygens (including phenoxy) is 1. The van der Waals surface area contributed by atoms with E-state index in [1.54, 1.807) is 6.07 Å². The van der Waals surface area contributed by atoms with Crippen LogP contribution in [0.15, 0.2) is 53.3 Å². The molecule has 3 aromatic rings. The van der Waals surface area contributed by atoms with Gasteiger partial charge in [0.25, 0.3) is 5.56 Å². The molecule has 1 amide bonds. The maximum atomic E-state index is 13.4. The summed E-state index contributed by atoms with van der Waals surface area (Å²) in [6, 6.07) is 11.0. The molecule has 1 atom stereocenters. The average Bonchev–Trinajstić information content (AvgIpc) is 3.15. The molecule has 1 aromatic heterocycles. The number of pyridine rings is 1. The van der Waals surface area contributed by atoms with E-state index < -0.39 is 35.4 Å². The number of nitrogens with one attached hydrogen (secondary N) is 1. The largest absolute Gasteiger partial charge is 0.443 e. The number of benzene rings is 2. The number of carbonyl (C=O) groups excluding carboxylic acids is 1. The van der Waals surface area contributed by atoms with Crippen molar-refractivity contribution >= 4 is 22.6 Å². The summed E-state index contributed by atoms with van der Waals surface area (Å²) >= 11 is 0. The van der Waals surface area contributed by atoms with Crippen molar-refractivity contribution in [3.63, 3.8) is 0 Å². The lowest BCUT2D eigenvalue weighted by Gasteiger charge is -2.17.